The van der Waals surface area contributed by atoms with Gasteiger partial charge < -0.3 is 199 Å². The van der Waals surface area contributed by atoms with Crippen LogP contribution in [0.25, 0.3) is 0 Å². The standard InChI is InChI=1S/C62H97F2N5O41S2/c1-3-111-16-25-49-35(82)42(89)58(101-25)107-47-22(11-73)97-55(38(85)31(47)78)106-46-21(10-72)100-57(41(88)34(46)81)110-50-26(17-112-15-18(66-2)52(92)67-6-4-28(75)95-14-29(76)94-13-24-51(91)62(63,64)60(103-24)69-7-5-27(65)68-61(69)93)102-59(43(90)36(50)83)108-48-23(12-74)98-54(39(86)32(48)79)104-44-19(8-70)96-53(37(84)30(44)77)105-45-20(9-71)99-56(109-49)40(87)33(45)80/h5,7,18-26,30-51,53-60,66,70-74,77-91H,3-4,6,8-17H2,1-2H3,(H,67,92)(H2,65,68,93)/t18-,19?,20?,21?,22?,23?,24-,25?,26?,30-,31-,32-,33-,34-,35-,36-,37?,38?,39?,40?,41?,42?,43?,44-,45-,46-,47-,48-,49-,50-,51-,53-,54-,55+,56-,57+,58-,59?,60-/m1/s1. The molecule has 0 spiro atoms. The number of esters is 2. The van der Waals surface area contributed by atoms with Crippen LogP contribution in [0.1, 0.15) is 19.6 Å². The van der Waals surface area contributed by atoms with Gasteiger partial charge in [-0.3, -0.25) is 14.2 Å². The summed E-state index contributed by atoms with van der Waals surface area (Å²) in [6, 6.07) is -0.145. The molecule has 0 radical (unpaired) electrons. The number of aliphatic hydroxyl groups is 20. The van der Waals surface area contributed by atoms with Crippen molar-refractivity contribution in [2.75, 3.05) is 88.6 Å². The van der Waals surface area contributed by atoms with Gasteiger partial charge in [0.05, 0.1) is 57.7 Å². The topological polar surface area (TPSA) is 698 Å². The Morgan fingerprint density at radius 2 is 0.821 bits per heavy atom. The molecule has 0 aliphatic carbocycles. The first-order valence-corrected chi connectivity index (χ1v) is 37.8. The Bertz CT molecular complexity index is 3230. The van der Waals surface area contributed by atoms with Crippen LogP contribution in [0.5, 0.6) is 0 Å². The monoisotopic (exact) mass is 1670 g/mol. The molecule has 15 unspecified atom stereocenters. The molecule has 0 aromatic carbocycles. The lowest BCUT2D eigenvalue weighted by atomic mass is 9.95. The average molecular weight is 1670 g/mol. The quantitative estimate of drug-likeness (QED) is 0.0479. The van der Waals surface area contributed by atoms with Crippen LogP contribution in [0.4, 0.5) is 14.6 Å². The zero-order valence-corrected chi connectivity index (χ0v) is 61.1. The molecule has 22 fully saturated rings. The van der Waals surface area contributed by atoms with E-state index in [2.05, 4.69) is 15.6 Å². The Morgan fingerprint density at radius 1 is 0.491 bits per heavy atom. The highest BCUT2D eigenvalue weighted by Gasteiger charge is 2.62. The zero-order valence-electron chi connectivity index (χ0n) is 59.4. The minimum absolute atomic E-state index is 0.0830. The summed E-state index contributed by atoms with van der Waals surface area (Å²) in [4.78, 5) is 54.3. The number of aromatic nitrogens is 2. The largest absolute Gasteiger partial charge is 0.460 e. The van der Waals surface area contributed by atoms with Crippen LogP contribution in [0.15, 0.2) is 17.1 Å². The summed E-state index contributed by atoms with van der Waals surface area (Å²) in [5.41, 5.74) is 4.19. The van der Waals surface area contributed by atoms with Crippen LogP contribution in [-0.2, 0) is 94.9 Å². The normalized spacial score (nSPS) is 45.0. The number of nitrogen functional groups attached to an aromatic ring is 1. The van der Waals surface area contributed by atoms with Gasteiger partial charge in [-0.05, 0) is 18.9 Å². The van der Waals surface area contributed by atoms with E-state index in [0.717, 1.165) is 24.0 Å². The Balaban J connectivity index is 0.847. The first kappa shape index (κ1) is 90.5. The van der Waals surface area contributed by atoms with Crippen molar-refractivity contribution in [3.05, 3.63) is 22.7 Å². The van der Waals surface area contributed by atoms with E-state index in [-0.39, 0.29) is 17.3 Å². The number of halogens is 2. The molecule has 46 nitrogen and oxygen atoms in total. The van der Waals surface area contributed by atoms with Crippen LogP contribution in [-0.4, -0.2) is 451 Å². The van der Waals surface area contributed by atoms with Gasteiger partial charge in [0, 0.05) is 30.0 Å². The first-order valence-electron chi connectivity index (χ1n) is 35.5. The fraction of sp³-hybridized carbons (Fsp3) is 0.887. The van der Waals surface area contributed by atoms with E-state index in [0.29, 0.717) is 10.3 Å². The van der Waals surface area contributed by atoms with Gasteiger partial charge in [0.15, 0.2) is 56.7 Å². The summed E-state index contributed by atoms with van der Waals surface area (Å²) < 4.78 is 128. The van der Waals surface area contributed by atoms with E-state index in [9.17, 15) is 130 Å². The third-order valence-corrected chi connectivity index (χ3v) is 22.1. The maximum Gasteiger partial charge on any atom is 0.351 e. The number of nitrogens with one attached hydrogen (secondary N) is 2. The van der Waals surface area contributed by atoms with Gasteiger partial charge in [-0.15, -0.1) is 0 Å². The third-order valence-electron chi connectivity index (χ3n) is 20.0. The minimum Gasteiger partial charge on any atom is -0.460 e. The molecule has 112 heavy (non-hydrogen) atoms. The molecule has 642 valence electrons. The Morgan fingerprint density at radius 3 is 1.14 bits per heavy atom. The summed E-state index contributed by atoms with van der Waals surface area (Å²) >= 11 is 2.06. The fourth-order valence-corrected chi connectivity index (χ4v) is 15.7. The van der Waals surface area contributed by atoms with Gasteiger partial charge in [0.2, 0.25) is 12.1 Å². The molecule has 23 rings (SSSR count). The minimum atomic E-state index is -4.08. The highest BCUT2D eigenvalue weighted by Crippen LogP contribution is 2.44. The summed E-state index contributed by atoms with van der Waals surface area (Å²) in [6.45, 7) is -6.19. The number of carbonyl (C=O) groups excluding carboxylic acids is 3. The van der Waals surface area contributed by atoms with Gasteiger partial charge in [-0.25, -0.2) is 9.59 Å². The molecule has 24 N–H and O–H groups in total. The molecular weight excluding hydrogens is 1570 g/mol. The lowest BCUT2D eigenvalue weighted by Gasteiger charge is -2.50. The number of aliphatic hydroxyl groups excluding tert-OH is 20. The predicted molar refractivity (Wildman–Crippen MR) is 355 cm³/mol. The van der Waals surface area contributed by atoms with E-state index in [1.165, 1.54) is 18.8 Å². The van der Waals surface area contributed by atoms with E-state index < -0.39 is 334 Å². The number of amides is 1. The van der Waals surface area contributed by atoms with Crippen molar-refractivity contribution >= 4 is 47.2 Å². The second-order valence-corrected chi connectivity index (χ2v) is 29.8. The zero-order chi connectivity index (χ0) is 81.6. The number of anilines is 1. The molecule has 22 saturated heterocycles. The number of hydrogen-bond donors (Lipinski definition) is 23. The van der Waals surface area contributed by atoms with E-state index >= 15 is 0 Å². The highest BCUT2D eigenvalue weighted by atomic mass is 32.2. The maximum atomic E-state index is 15.0. The van der Waals surface area contributed by atoms with Gasteiger partial charge in [-0.1, -0.05) is 6.92 Å². The average Bonchev–Trinajstić information content (AvgIpc) is 1.53. The van der Waals surface area contributed by atoms with Crippen molar-refractivity contribution in [1.29, 1.82) is 0 Å². The molecule has 23 heterocycles. The molecule has 39 atom stereocenters. The molecule has 1 aromatic rings. The highest BCUT2D eigenvalue weighted by molar-refractivity contribution is 7.99. The molecule has 1 aromatic heterocycles. The van der Waals surface area contributed by atoms with Crippen molar-refractivity contribution in [1.82, 2.24) is 20.2 Å². The number of carbonyl (C=O) groups is 3. The van der Waals surface area contributed by atoms with Crippen molar-refractivity contribution in [3.63, 3.8) is 0 Å². The van der Waals surface area contributed by atoms with Gasteiger partial charge in [0.25, 0.3) is 0 Å². The molecule has 50 heteroatoms. The summed E-state index contributed by atoms with van der Waals surface area (Å²) in [7, 11) is 1.35. The third kappa shape index (κ3) is 19.9. The van der Waals surface area contributed by atoms with Crippen LogP contribution in [0.3, 0.4) is 0 Å². The second kappa shape index (κ2) is 39.8. The molecule has 1 amide bonds. The van der Waals surface area contributed by atoms with Crippen LogP contribution in [0.2, 0.25) is 0 Å². The molecule has 22 aliphatic heterocycles. The van der Waals surface area contributed by atoms with Gasteiger partial charge in [-0.2, -0.15) is 37.3 Å². The molecule has 14 bridgehead atoms. The SMILES string of the molecule is CCSCC1O[C@@H]2O[C@@H]3C(CO)O[C@@H](O[C@@H]4C(CO)O[C@@H](O[C@@H]5C(CSC[C@@H](NC)C(=O)NCCC(=O)OCC(=O)OC[C@H]6O[C@@H](n7ccc(N)nc7=O)C(F)(F)[C@@H]6O)OC(O[C@@H]6C(CO)O[C@H](O[C@@H]7C(CO)O[C@H](O[C@@H]8C(CO)O[C@H](O[C@H]1[C@H](O)C2O)C(O)[C@H]8O)C(O)[C@H]7O)C(O)[C@H]6O)C(O)[C@H]5O)C(O)[C@H]4O)C(O)[C@H]3O. The number of likely N-dealkylation sites (N-methyl/N-ethyl adjacent to an activating group) is 1. The molecule has 22 aliphatic rings. The van der Waals surface area contributed by atoms with Crippen molar-refractivity contribution in [2.24, 2.45) is 0 Å². The summed E-state index contributed by atoms with van der Waals surface area (Å²) in [5, 5.41) is 232. The first-order chi connectivity index (χ1) is 53.2. The van der Waals surface area contributed by atoms with Crippen molar-refractivity contribution in [3.8, 4) is 0 Å². The van der Waals surface area contributed by atoms with Gasteiger partial charge >= 0.3 is 23.6 Å². The smallest absolute Gasteiger partial charge is 0.351 e. The van der Waals surface area contributed by atoms with Crippen molar-refractivity contribution in [2.45, 2.75) is 259 Å². The molecule has 0 saturated carbocycles. The Kier molecular flexibility index (Phi) is 32.2. The number of nitrogens with two attached hydrogens (primary N) is 1. The lowest BCUT2D eigenvalue weighted by Crippen LogP contribution is -2.68. The van der Waals surface area contributed by atoms with E-state index in [1.807, 2.05) is 0 Å². The Labute approximate surface area is 641 Å². The Hall–Kier alpha value is -3.79. The van der Waals surface area contributed by atoms with Crippen LogP contribution in [0, 0.1) is 0 Å². The number of rotatable bonds is 22. The molecular formula is C62H97F2N5O41S2. The number of thioether (sulfide) groups is 2. The van der Waals surface area contributed by atoms with Gasteiger partial charge in [0.1, 0.15) is 177 Å². The lowest BCUT2D eigenvalue weighted by molar-refractivity contribution is -0.395. The van der Waals surface area contributed by atoms with Crippen LogP contribution >= 0.6 is 23.5 Å². The predicted octanol–water partition coefficient (Wildman–Crippen LogP) is -14.8. The van der Waals surface area contributed by atoms with Crippen LogP contribution < -0.4 is 22.1 Å². The van der Waals surface area contributed by atoms with E-state index in [4.69, 9.17) is 86.3 Å². The summed E-state index contributed by atoms with van der Waals surface area (Å²) in [6.07, 6.45) is -77.7. The summed E-state index contributed by atoms with van der Waals surface area (Å²) in [5.74, 6) is -7.85. The van der Waals surface area contributed by atoms with E-state index in [1.54, 1.807) is 6.92 Å². The number of ether oxygens (including phenoxy) is 17. The maximum absolute atomic E-state index is 15.0. The second-order valence-electron chi connectivity index (χ2n) is 27.4. The number of nitrogens with zero attached hydrogens (tertiary/aromatic N) is 2. The number of hydrogen-bond acceptors (Lipinski definition) is 46. The number of alkyl halides is 2. The fourth-order valence-electron chi connectivity index (χ4n) is 13.8. The van der Waals surface area contributed by atoms with Crippen molar-refractivity contribution < 1.29 is 206 Å².